The van der Waals surface area contributed by atoms with E-state index in [1.54, 1.807) is 11.9 Å². The summed E-state index contributed by atoms with van der Waals surface area (Å²) in [7, 11) is 1.80. The zero-order valence-electron chi connectivity index (χ0n) is 10.5. The van der Waals surface area contributed by atoms with Gasteiger partial charge in [-0.3, -0.25) is 9.59 Å². The number of rotatable bonds is 2. The number of H-pyrrole nitrogens is 1. The van der Waals surface area contributed by atoms with Crippen molar-refractivity contribution >= 4 is 5.91 Å². The zero-order chi connectivity index (χ0) is 13.0. The summed E-state index contributed by atoms with van der Waals surface area (Å²) < 4.78 is 0. The van der Waals surface area contributed by atoms with Gasteiger partial charge in [-0.15, -0.1) is 0 Å². The molecule has 1 amide bonds. The summed E-state index contributed by atoms with van der Waals surface area (Å²) in [5.74, 6) is -0.141. The van der Waals surface area contributed by atoms with E-state index in [9.17, 15) is 9.59 Å². The van der Waals surface area contributed by atoms with E-state index in [1.165, 1.54) is 12.1 Å². The van der Waals surface area contributed by atoms with E-state index >= 15 is 0 Å². The van der Waals surface area contributed by atoms with Crippen LogP contribution in [0.25, 0.3) is 0 Å². The molecule has 1 atom stereocenters. The number of carbonyl (C=O) groups is 1. The maximum Gasteiger partial charge on any atom is 0.274 e. The molecule has 2 N–H and O–H groups in total. The first kappa shape index (κ1) is 12.8. The first-order valence-corrected chi connectivity index (χ1v) is 6.22. The van der Waals surface area contributed by atoms with Crippen molar-refractivity contribution in [1.29, 1.82) is 0 Å². The summed E-state index contributed by atoms with van der Waals surface area (Å²) >= 11 is 0. The Labute approximate surface area is 105 Å². The summed E-state index contributed by atoms with van der Waals surface area (Å²) in [5.41, 5.74) is -0.0119. The molecule has 1 aromatic heterocycles. The summed E-state index contributed by atoms with van der Waals surface area (Å²) in [4.78, 5) is 24.8. The van der Waals surface area contributed by atoms with Gasteiger partial charge in [0, 0.05) is 19.2 Å². The summed E-state index contributed by atoms with van der Waals surface area (Å²) in [5, 5.41) is 9.38. The molecule has 0 aromatic carbocycles. The summed E-state index contributed by atoms with van der Waals surface area (Å²) in [6.45, 7) is 1.94. The Morgan fingerprint density at radius 3 is 2.94 bits per heavy atom. The van der Waals surface area contributed by atoms with Crippen LogP contribution in [0.2, 0.25) is 0 Å². The summed E-state index contributed by atoms with van der Waals surface area (Å²) in [6.07, 6.45) is 3.02. The molecule has 0 aliphatic carbocycles. The molecule has 0 spiro atoms. The van der Waals surface area contributed by atoms with Crippen molar-refractivity contribution < 1.29 is 4.79 Å². The Morgan fingerprint density at radius 2 is 2.22 bits per heavy atom. The smallest absolute Gasteiger partial charge is 0.274 e. The molecular formula is C12H18N4O2. The van der Waals surface area contributed by atoms with Crippen molar-refractivity contribution in [2.24, 2.45) is 0 Å². The molecule has 6 heteroatoms. The molecule has 1 aliphatic heterocycles. The van der Waals surface area contributed by atoms with Crippen molar-refractivity contribution in [3.8, 4) is 0 Å². The third-order valence-electron chi connectivity index (χ3n) is 3.31. The van der Waals surface area contributed by atoms with Crippen LogP contribution in [0.5, 0.6) is 0 Å². The molecule has 0 radical (unpaired) electrons. The van der Waals surface area contributed by atoms with Crippen molar-refractivity contribution in [1.82, 2.24) is 20.4 Å². The third kappa shape index (κ3) is 2.95. The fourth-order valence-corrected chi connectivity index (χ4v) is 2.20. The van der Waals surface area contributed by atoms with Crippen LogP contribution in [0.3, 0.4) is 0 Å². The first-order chi connectivity index (χ1) is 8.68. The van der Waals surface area contributed by atoms with Gasteiger partial charge in [-0.2, -0.15) is 5.10 Å². The molecular weight excluding hydrogens is 232 g/mol. The second kappa shape index (κ2) is 5.77. The Balaban J connectivity index is 2.07. The number of aromatic nitrogens is 2. The normalized spacial score (nSPS) is 20.2. The number of nitrogens with zero attached hydrogens (tertiary/aromatic N) is 2. The molecule has 1 saturated heterocycles. The Hall–Kier alpha value is -1.69. The minimum atomic E-state index is -0.298. The van der Waals surface area contributed by atoms with Crippen LogP contribution >= 0.6 is 0 Å². The molecule has 1 aromatic rings. The highest BCUT2D eigenvalue weighted by Gasteiger charge is 2.22. The zero-order valence-corrected chi connectivity index (χ0v) is 10.5. The molecule has 1 fully saturated rings. The fraction of sp³-hybridized carbons (Fsp3) is 0.583. The predicted molar refractivity (Wildman–Crippen MR) is 67.5 cm³/mol. The largest absolute Gasteiger partial charge is 0.337 e. The standard InChI is InChI=1S/C12H18N4O2/c1-16(9-3-2-7-13-8-6-9)12(18)10-4-5-11(17)15-14-10/h4-5,9,13H,2-3,6-8H2,1H3,(H,15,17). The molecule has 2 heterocycles. The van der Waals surface area contributed by atoms with Crippen molar-refractivity contribution in [3.05, 3.63) is 28.2 Å². The highest BCUT2D eigenvalue weighted by molar-refractivity contribution is 5.92. The molecule has 2 rings (SSSR count). The second-order valence-electron chi connectivity index (χ2n) is 4.56. The minimum absolute atomic E-state index is 0.141. The molecule has 6 nitrogen and oxygen atoms in total. The van der Waals surface area contributed by atoms with Crippen molar-refractivity contribution in [2.45, 2.75) is 25.3 Å². The van der Waals surface area contributed by atoms with E-state index in [2.05, 4.69) is 15.5 Å². The van der Waals surface area contributed by atoms with Gasteiger partial charge in [0.1, 0.15) is 5.69 Å². The quantitative estimate of drug-likeness (QED) is 0.773. The van der Waals surface area contributed by atoms with E-state index in [1.807, 2.05) is 0 Å². The Bertz CT molecular complexity index is 443. The number of amides is 1. The highest BCUT2D eigenvalue weighted by atomic mass is 16.2. The lowest BCUT2D eigenvalue weighted by Gasteiger charge is -2.26. The van der Waals surface area contributed by atoms with E-state index < -0.39 is 0 Å². The van der Waals surface area contributed by atoms with Gasteiger partial charge in [-0.25, -0.2) is 5.10 Å². The van der Waals surface area contributed by atoms with Gasteiger partial charge >= 0.3 is 0 Å². The average Bonchev–Trinajstić information content (AvgIpc) is 2.67. The van der Waals surface area contributed by atoms with Crippen molar-refractivity contribution in [3.63, 3.8) is 0 Å². The number of nitrogens with one attached hydrogen (secondary N) is 2. The van der Waals surface area contributed by atoms with Gasteiger partial charge in [-0.05, 0) is 38.4 Å². The molecule has 0 bridgehead atoms. The molecule has 98 valence electrons. The van der Waals surface area contributed by atoms with Gasteiger partial charge in [0.2, 0.25) is 0 Å². The minimum Gasteiger partial charge on any atom is -0.337 e. The maximum absolute atomic E-state index is 12.2. The molecule has 1 unspecified atom stereocenters. The lowest BCUT2D eigenvalue weighted by atomic mass is 10.1. The van der Waals surface area contributed by atoms with Crippen LogP contribution in [-0.2, 0) is 0 Å². The lowest BCUT2D eigenvalue weighted by molar-refractivity contribution is 0.0713. The molecule has 18 heavy (non-hydrogen) atoms. The Morgan fingerprint density at radius 1 is 1.39 bits per heavy atom. The number of carbonyl (C=O) groups excluding carboxylic acids is 1. The second-order valence-corrected chi connectivity index (χ2v) is 4.56. The van der Waals surface area contributed by atoms with E-state index in [4.69, 9.17) is 0 Å². The fourth-order valence-electron chi connectivity index (χ4n) is 2.20. The molecule has 1 aliphatic rings. The predicted octanol–water partition coefficient (Wildman–Crippen LogP) is -0.0160. The first-order valence-electron chi connectivity index (χ1n) is 6.22. The van der Waals surface area contributed by atoms with E-state index in [-0.39, 0.29) is 23.2 Å². The lowest BCUT2D eigenvalue weighted by Crippen LogP contribution is -2.38. The van der Waals surface area contributed by atoms with Crippen LogP contribution in [0, 0.1) is 0 Å². The van der Waals surface area contributed by atoms with E-state index in [0.29, 0.717) is 0 Å². The number of aromatic amines is 1. The Kier molecular flexibility index (Phi) is 4.09. The van der Waals surface area contributed by atoms with Gasteiger partial charge in [0.15, 0.2) is 0 Å². The van der Waals surface area contributed by atoms with Crippen LogP contribution in [0.4, 0.5) is 0 Å². The van der Waals surface area contributed by atoms with E-state index in [0.717, 1.165) is 32.4 Å². The third-order valence-corrected chi connectivity index (χ3v) is 3.31. The number of hydrogen-bond acceptors (Lipinski definition) is 4. The topological polar surface area (TPSA) is 78.1 Å². The van der Waals surface area contributed by atoms with Crippen LogP contribution < -0.4 is 10.9 Å². The molecule has 0 saturated carbocycles. The monoisotopic (exact) mass is 250 g/mol. The SMILES string of the molecule is CN(C(=O)c1ccc(=O)[nH]n1)C1CCCNCC1. The number of hydrogen-bond donors (Lipinski definition) is 2. The van der Waals surface area contributed by atoms with Crippen LogP contribution in [0.15, 0.2) is 16.9 Å². The van der Waals surface area contributed by atoms with Crippen LogP contribution in [0.1, 0.15) is 29.8 Å². The van der Waals surface area contributed by atoms with Gasteiger partial charge < -0.3 is 10.2 Å². The van der Waals surface area contributed by atoms with Crippen molar-refractivity contribution in [2.75, 3.05) is 20.1 Å². The van der Waals surface area contributed by atoms with Gasteiger partial charge in [0.05, 0.1) is 0 Å². The summed E-state index contributed by atoms with van der Waals surface area (Å²) in [6, 6.07) is 3.02. The van der Waals surface area contributed by atoms with Gasteiger partial charge in [-0.1, -0.05) is 0 Å². The van der Waals surface area contributed by atoms with Crippen LogP contribution in [-0.4, -0.2) is 47.2 Å². The maximum atomic E-state index is 12.2. The van der Waals surface area contributed by atoms with Gasteiger partial charge in [0.25, 0.3) is 11.5 Å². The average molecular weight is 250 g/mol. The highest BCUT2D eigenvalue weighted by Crippen LogP contribution is 2.13.